The average Bonchev–Trinajstić information content (AvgIpc) is 3.24. The largest absolute Gasteiger partial charge is 0.325 e. The SMILES string of the molecule is CC[C@H](Sc1nncn2c1cc1sccc12)C(=O)Nc1cc(Cl)ccc1C. The van der Waals surface area contributed by atoms with Crippen molar-refractivity contribution in [1.82, 2.24) is 14.6 Å². The molecule has 0 unspecified atom stereocenters. The Morgan fingerprint density at radius 2 is 2.19 bits per heavy atom. The van der Waals surface area contributed by atoms with Gasteiger partial charge in [0, 0.05) is 10.7 Å². The predicted octanol–water partition coefficient (Wildman–Crippen LogP) is 5.42. The Morgan fingerprint density at radius 3 is 3.00 bits per heavy atom. The Kier molecular flexibility index (Phi) is 5.08. The number of thiophene rings is 1. The third-order valence-electron chi connectivity index (χ3n) is 4.37. The van der Waals surface area contributed by atoms with Gasteiger partial charge in [0.05, 0.1) is 21.0 Å². The molecular weight excluding hydrogens is 400 g/mol. The van der Waals surface area contributed by atoms with Gasteiger partial charge in [-0.15, -0.1) is 21.5 Å². The summed E-state index contributed by atoms with van der Waals surface area (Å²) in [7, 11) is 0. The average molecular weight is 417 g/mol. The summed E-state index contributed by atoms with van der Waals surface area (Å²) < 4.78 is 3.20. The fourth-order valence-electron chi connectivity index (χ4n) is 2.90. The normalized spacial score (nSPS) is 12.6. The van der Waals surface area contributed by atoms with E-state index < -0.39 is 0 Å². The number of fused-ring (bicyclic) bond motifs is 3. The molecule has 1 N–H and O–H groups in total. The lowest BCUT2D eigenvalue weighted by atomic mass is 10.2. The number of halogens is 1. The summed E-state index contributed by atoms with van der Waals surface area (Å²) in [5.74, 6) is -0.0648. The van der Waals surface area contributed by atoms with Gasteiger partial charge in [-0.2, -0.15) is 0 Å². The van der Waals surface area contributed by atoms with Gasteiger partial charge in [0.2, 0.25) is 5.91 Å². The number of nitrogens with zero attached hydrogens (tertiary/aromatic N) is 3. The maximum Gasteiger partial charge on any atom is 0.237 e. The number of aromatic nitrogens is 3. The van der Waals surface area contributed by atoms with Crippen LogP contribution in [0.4, 0.5) is 5.69 Å². The summed E-state index contributed by atoms with van der Waals surface area (Å²) in [6.45, 7) is 3.94. The predicted molar refractivity (Wildman–Crippen MR) is 113 cm³/mol. The molecule has 0 aliphatic rings. The standard InChI is InChI=1S/C19H17ClN4OS2/c1-3-16(18(25)22-13-8-12(20)5-4-11(13)2)27-19-15-9-17-14(6-7-26-17)24(15)10-21-23-19/h4-10,16H,3H2,1-2H3,(H,22,25)/t16-/m0/s1. The molecule has 1 atom stereocenters. The number of anilines is 1. The van der Waals surface area contributed by atoms with Crippen molar-refractivity contribution < 1.29 is 4.79 Å². The van der Waals surface area contributed by atoms with Gasteiger partial charge in [-0.25, -0.2) is 0 Å². The minimum absolute atomic E-state index is 0.0648. The van der Waals surface area contributed by atoms with Gasteiger partial charge in [-0.05, 0) is 48.6 Å². The highest BCUT2D eigenvalue weighted by molar-refractivity contribution is 8.00. The second kappa shape index (κ2) is 7.50. The van der Waals surface area contributed by atoms with Crippen molar-refractivity contribution in [3.63, 3.8) is 0 Å². The van der Waals surface area contributed by atoms with E-state index in [-0.39, 0.29) is 11.2 Å². The van der Waals surface area contributed by atoms with Gasteiger partial charge in [0.25, 0.3) is 0 Å². The number of aryl methyl sites for hydroxylation is 1. The molecule has 5 nitrogen and oxygen atoms in total. The zero-order valence-electron chi connectivity index (χ0n) is 14.8. The van der Waals surface area contributed by atoms with E-state index >= 15 is 0 Å². The summed E-state index contributed by atoms with van der Waals surface area (Å²) in [6.07, 6.45) is 2.39. The molecule has 0 aliphatic heterocycles. The van der Waals surface area contributed by atoms with E-state index in [1.54, 1.807) is 23.7 Å². The monoisotopic (exact) mass is 416 g/mol. The van der Waals surface area contributed by atoms with Crippen LogP contribution in [0.1, 0.15) is 18.9 Å². The number of hydrogen-bond donors (Lipinski definition) is 1. The summed E-state index contributed by atoms with van der Waals surface area (Å²) in [5.41, 5.74) is 3.79. The Balaban J connectivity index is 1.61. The van der Waals surface area contributed by atoms with Crippen LogP contribution >= 0.6 is 34.7 Å². The highest BCUT2D eigenvalue weighted by Gasteiger charge is 2.22. The number of benzene rings is 1. The van der Waals surface area contributed by atoms with Gasteiger partial charge in [0.1, 0.15) is 11.4 Å². The molecule has 1 aromatic carbocycles. The third kappa shape index (κ3) is 3.54. The van der Waals surface area contributed by atoms with Gasteiger partial charge < -0.3 is 5.32 Å². The van der Waals surface area contributed by atoms with Crippen LogP contribution in [0.5, 0.6) is 0 Å². The Bertz CT molecular complexity index is 1140. The number of hydrogen-bond acceptors (Lipinski definition) is 5. The number of rotatable bonds is 5. The fraction of sp³-hybridized carbons (Fsp3) is 0.211. The topological polar surface area (TPSA) is 59.3 Å². The maximum atomic E-state index is 12.8. The minimum Gasteiger partial charge on any atom is -0.325 e. The molecule has 3 heterocycles. The van der Waals surface area contributed by atoms with Crippen molar-refractivity contribution in [2.75, 3.05) is 5.32 Å². The molecule has 0 saturated heterocycles. The molecule has 4 rings (SSSR count). The summed E-state index contributed by atoms with van der Waals surface area (Å²) >= 11 is 9.18. The number of carbonyl (C=O) groups is 1. The fourth-order valence-corrected chi connectivity index (χ4v) is 4.85. The van der Waals surface area contributed by atoms with Crippen LogP contribution in [0.25, 0.3) is 15.7 Å². The van der Waals surface area contributed by atoms with E-state index in [2.05, 4.69) is 33.0 Å². The number of carbonyl (C=O) groups excluding carboxylic acids is 1. The quantitative estimate of drug-likeness (QED) is 0.441. The van der Waals surface area contributed by atoms with Crippen LogP contribution in [0.2, 0.25) is 5.02 Å². The summed E-state index contributed by atoms with van der Waals surface area (Å²) in [4.78, 5) is 12.8. The molecule has 0 aliphatic carbocycles. The summed E-state index contributed by atoms with van der Waals surface area (Å²) in [6, 6.07) is 9.64. The molecule has 3 aromatic heterocycles. The number of thioether (sulfide) groups is 1. The molecule has 4 aromatic rings. The first-order valence-electron chi connectivity index (χ1n) is 8.50. The molecule has 0 fully saturated rings. The van der Waals surface area contributed by atoms with E-state index in [0.717, 1.165) is 27.3 Å². The van der Waals surface area contributed by atoms with E-state index in [1.165, 1.54) is 16.5 Å². The van der Waals surface area contributed by atoms with E-state index in [0.29, 0.717) is 11.4 Å². The molecule has 27 heavy (non-hydrogen) atoms. The maximum absolute atomic E-state index is 12.8. The smallest absolute Gasteiger partial charge is 0.237 e. The van der Waals surface area contributed by atoms with Crippen LogP contribution in [-0.4, -0.2) is 25.8 Å². The van der Waals surface area contributed by atoms with Crippen molar-refractivity contribution in [1.29, 1.82) is 0 Å². The van der Waals surface area contributed by atoms with Crippen LogP contribution < -0.4 is 5.32 Å². The highest BCUT2D eigenvalue weighted by Crippen LogP contribution is 2.33. The Hall–Kier alpha value is -2.09. The van der Waals surface area contributed by atoms with Crippen molar-refractivity contribution >= 4 is 62.0 Å². The first-order valence-corrected chi connectivity index (χ1v) is 10.6. The lowest BCUT2D eigenvalue weighted by Crippen LogP contribution is -2.25. The lowest BCUT2D eigenvalue weighted by molar-refractivity contribution is -0.115. The van der Waals surface area contributed by atoms with Crippen LogP contribution in [0.3, 0.4) is 0 Å². The first-order chi connectivity index (χ1) is 13.1. The Labute approximate surface area is 169 Å². The molecule has 0 spiro atoms. The van der Waals surface area contributed by atoms with Crippen molar-refractivity contribution in [3.8, 4) is 0 Å². The van der Waals surface area contributed by atoms with Gasteiger partial charge in [0.15, 0.2) is 0 Å². The van der Waals surface area contributed by atoms with Crippen LogP contribution in [-0.2, 0) is 4.79 Å². The third-order valence-corrected chi connectivity index (χ3v) is 6.80. The molecule has 138 valence electrons. The van der Waals surface area contributed by atoms with Crippen molar-refractivity contribution in [3.05, 3.63) is 52.6 Å². The molecule has 0 saturated carbocycles. The van der Waals surface area contributed by atoms with E-state index in [1.807, 2.05) is 30.4 Å². The van der Waals surface area contributed by atoms with Crippen LogP contribution in [0.15, 0.2) is 47.1 Å². The van der Waals surface area contributed by atoms with Gasteiger partial charge >= 0.3 is 0 Å². The minimum atomic E-state index is -0.281. The lowest BCUT2D eigenvalue weighted by Gasteiger charge is -2.16. The summed E-state index contributed by atoms with van der Waals surface area (Å²) in [5, 5.41) is 14.5. The molecule has 0 bridgehead atoms. The zero-order valence-corrected chi connectivity index (χ0v) is 17.2. The number of amides is 1. The molecule has 0 radical (unpaired) electrons. The van der Waals surface area contributed by atoms with Gasteiger partial charge in [-0.3, -0.25) is 9.20 Å². The second-order valence-electron chi connectivity index (χ2n) is 6.17. The van der Waals surface area contributed by atoms with Crippen LogP contribution in [0, 0.1) is 6.92 Å². The second-order valence-corrected chi connectivity index (χ2v) is 8.74. The first kappa shape index (κ1) is 18.3. The van der Waals surface area contributed by atoms with Crippen molar-refractivity contribution in [2.45, 2.75) is 30.5 Å². The Morgan fingerprint density at radius 1 is 1.33 bits per heavy atom. The molecular formula is C19H17ClN4OS2. The van der Waals surface area contributed by atoms with Crippen molar-refractivity contribution in [2.24, 2.45) is 0 Å². The van der Waals surface area contributed by atoms with E-state index in [4.69, 9.17) is 11.6 Å². The number of nitrogens with one attached hydrogen (secondary N) is 1. The van der Waals surface area contributed by atoms with E-state index in [9.17, 15) is 4.79 Å². The highest BCUT2D eigenvalue weighted by atomic mass is 35.5. The molecule has 1 amide bonds. The molecule has 8 heteroatoms. The zero-order chi connectivity index (χ0) is 19.0. The van der Waals surface area contributed by atoms with Gasteiger partial charge in [-0.1, -0.05) is 36.4 Å².